The van der Waals surface area contributed by atoms with Crippen LogP contribution in [0.3, 0.4) is 0 Å². The van der Waals surface area contributed by atoms with Crippen molar-refractivity contribution in [3.63, 3.8) is 0 Å². The van der Waals surface area contributed by atoms with Gasteiger partial charge in [-0.05, 0) is 24.6 Å². The van der Waals surface area contributed by atoms with Crippen LogP contribution in [0.15, 0.2) is 18.2 Å². The van der Waals surface area contributed by atoms with E-state index in [2.05, 4.69) is 15.5 Å². The Morgan fingerprint density at radius 2 is 2.13 bits per heavy atom. The predicted molar refractivity (Wildman–Crippen MR) is 93.8 cm³/mol. The minimum Gasteiger partial charge on any atom is -0.492 e. The molecule has 0 saturated heterocycles. The molecule has 1 amide bonds. The number of benzene rings is 1. The number of rotatable bonds is 7. The molecule has 1 heterocycles. The van der Waals surface area contributed by atoms with Gasteiger partial charge in [-0.2, -0.15) is 0 Å². The minimum atomic E-state index is -0.109. The molecule has 1 N–H and O–H groups in total. The average Bonchev–Trinajstić information content (AvgIpc) is 2.94. The van der Waals surface area contributed by atoms with E-state index in [0.717, 1.165) is 5.01 Å². The highest BCUT2D eigenvalue weighted by atomic mass is 35.5. The molecule has 0 spiro atoms. The van der Waals surface area contributed by atoms with Gasteiger partial charge >= 0.3 is 0 Å². The normalized spacial score (nSPS) is 10.8. The third-order valence-corrected chi connectivity index (χ3v) is 4.55. The highest BCUT2D eigenvalue weighted by molar-refractivity contribution is 7.15. The van der Waals surface area contributed by atoms with E-state index >= 15 is 0 Å². The van der Waals surface area contributed by atoms with Gasteiger partial charge in [0.1, 0.15) is 10.8 Å². The lowest BCUT2D eigenvalue weighted by atomic mass is 10.2. The van der Waals surface area contributed by atoms with Crippen molar-refractivity contribution in [2.75, 3.05) is 11.9 Å². The first kappa shape index (κ1) is 18.0. The number of nitrogens with zero attached hydrogens (tertiary/aromatic N) is 2. The summed E-state index contributed by atoms with van der Waals surface area (Å²) in [7, 11) is 0. The minimum absolute atomic E-state index is 0.109. The van der Waals surface area contributed by atoms with Crippen molar-refractivity contribution in [1.29, 1.82) is 0 Å². The smallest absolute Gasteiger partial charge is 0.226 e. The van der Waals surface area contributed by atoms with Gasteiger partial charge in [0.25, 0.3) is 0 Å². The van der Waals surface area contributed by atoms with Crippen molar-refractivity contribution in [2.45, 2.75) is 32.6 Å². The molecule has 8 heteroatoms. The van der Waals surface area contributed by atoms with Crippen LogP contribution in [0, 0.1) is 0 Å². The van der Waals surface area contributed by atoms with Gasteiger partial charge in [0.05, 0.1) is 11.6 Å². The fourth-order valence-electron chi connectivity index (χ4n) is 1.71. The van der Waals surface area contributed by atoms with Crippen molar-refractivity contribution in [3.05, 3.63) is 33.3 Å². The zero-order chi connectivity index (χ0) is 16.8. The molecule has 124 valence electrons. The summed E-state index contributed by atoms with van der Waals surface area (Å²) in [5.41, 5.74) is 0. The molecule has 0 aliphatic carbocycles. The fourth-order valence-corrected chi connectivity index (χ4v) is 2.93. The van der Waals surface area contributed by atoms with Crippen LogP contribution in [-0.2, 0) is 4.79 Å². The number of amides is 1. The number of hydrogen-bond donors (Lipinski definition) is 1. The number of carbonyl (C=O) groups excluding carboxylic acids is 1. The molecule has 2 aromatic rings. The van der Waals surface area contributed by atoms with Gasteiger partial charge in [0, 0.05) is 17.4 Å². The number of anilines is 1. The van der Waals surface area contributed by atoms with E-state index in [0.29, 0.717) is 46.3 Å². The topological polar surface area (TPSA) is 64.1 Å². The molecule has 5 nitrogen and oxygen atoms in total. The molecule has 0 fully saturated rings. The maximum absolute atomic E-state index is 11.8. The number of halogens is 2. The molecule has 1 aromatic carbocycles. The Hall–Kier alpha value is -1.37. The summed E-state index contributed by atoms with van der Waals surface area (Å²) in [6.45, 7) is 4.46. The second kappa shape index (κ2) is 8.47. The largest absolute Gasteiger partial charge is 0.492 e. The van der Waals surface area contributed by atoms with Crippen molar-refractivity contribution < 1.29 is 9.53 Å². The molecular formula is C15H17Cl2N3O2S. The van der Waals surface area contributed by atoms with E-state index in [4.69, 9.17) is 27.9 Å². The molecular weight excluding hydrogens is 357 g/mol. The Morgan fingerprint density at radius 1 is 1.35 bits per heavy atom. The van der Waals surface area contributed by atoms with E-state index in [1.807, 2.05) is 13.8 Å². The Balaban J connectivity index is 1.72. The summed E-state index contributed by atoms with van der Waals surface area (Å²) < 4.78 is 5.53. The van der Waals surface area contributed by atoms with E-state index in [1.165, 1.54) is 11.3 Å². The first-order valence-electron chi connectivity index (χ1n) is 7.17. The van der Waals surface area contributed by atoms with Crippen molar-refractivity contribution in [1.82, 2.24) is 10.2 Å². The Kier molecular flexibility index (Phi) is 6.62. The van der Waals surface area contributed by atoms with E-state index in [-0.39, 0.29) is 5.91 Å². The van der Waals surface area contributed by atoms with Gasteiger partial charge in [-0.15, -0.1) is 10.2 Å². The Morgan fingerprint density at radius 3 is 2.78 bits per heavy atom. The summed E-state index contributed by atoms with van der Waals surface area (Å²) >= 11 is 13.2. The molecule has 2 rings (SSSR count). The third kappa shape index (κ3) is 5.64. The number of carbonyl (C=O) groups is 1. The SMILES string of the molecule is CC(C)c1nnc(NC(=O)CCCOc2ccc(Cl)cc2Cl)s1. The summed E-state index contributed by atoms with van der Waals surface area (Å²) in [6, 6.07) is 5.03. The second-order valence-electron chi connectivity index (χ2n) is 5.18. The van der Waals surface area contributed by atoms with E-state index < -0.39 is 0 Å². The molecule has 1 aromatic heterocycles. The highest BCUT2D eigenvalue weighted by Crippen LogP contribution is 2.27. The average molecular weight is 374 g/mol. The second-order valence-corrected chi connectivity index (χ2v) is 7.03. The fraction of sp³-hybridized carbons (Fsp3) is 0.400. The highest BCUT2D eigenvalue weighted by Gasteiger charge is 2.10. The van der Waals surface area contributed by atoms with Gasteiger partial charge in [0.15, 0.2) is 0 Å². The lowest BCUT2D eigenvalue weighted by Crippen LogP contribution is -2.12. The van der Waals surface area contributed by atoms with Crippen LogP contribution in [0.4, 0.5) is 5.13 Å². The van der Waals surface area contributed by atoms with Crippen molar-refractivity contribution in [3.8, 4) is 5.75 Å². The number of aromatic nitrogens is 2. The van der Waals surface area contributed by atoms with Gasteiger partial charge in [0.2, 0.25) is 11.0 Å². The van der Waals surface area contributed by atoms with Gasteiger partial charge < -0.3 is 10.1 Å². The predicted octanol–water partition coefficient (Wildman–Crippen LogP) is 4.77. The van der Waals surface area contributed by atoms with Crippen LogP contribution in [0.1, 0.15) is 37.6 Å². The van der Waals surface area contributed by atoms with Crippen LogP contribution >= 0.6 is 34.5 Å². The van der Waals surface area contributed by atoms with Crippen molar-refractivity contribution in [2.24, 2.45) is 0 Å². The molecule has 23 heavy (non-hydrogen) atoms. The number of hydrogen-bond acceptors (Lipinski definition) is 5. The Bertz CT molecular complexity index is 676. The zero-order valence-electron chi connectivity index (χ0n) is 12.8. The molecule has 0 saturated carbocycles. The lowest BCUT2D eigenvalue weighted by molar-refractivity contribution is -0.116. The zero-order valence-corrected chi connectivity index (χ0v) is 15.1. The van der Waals surface area contributed by atoms with Crippen LogP contribution in [0.5, 0.6) is 5.75 Å². The Labute approximate surface area is 149 Å². The molecule has 0 aliphatic rings. The van der Waals surface area contributed by atoms with Crippen molar-refractivity contribution >= 4 is 45.6 Å². The third-order valence-electron chi connectivity index (χ3n) is 2.88. The summed E-state index contributed by atoms with van der Waals surface area (Å²) in [6.07, 6.45) is 0.905. The maximum Gasteiger partial charge on any atom is 0.226 e. The monoisotopic (exact) mass is 373 g/mol. The van der Waals surface area contributed by atoms with Crippen LogP contribution in [-0.4, -0.2) is 22.7 Å². The van der Waals surface area contributed by atoms with E-state index in [9.17, 15) is 4.79 Å². The summed E-state index contributed by atoms with van der Waals surface area (Å²) in [4.78, 5) is 11.8. The standard InChI is InChI=1S/C15H17Cl2N3O2S/c1-9(2)14-19-20-15(23-14)18-13(21)4-3-7-22-12-6-5-10(16)8-11(12)17/h5-6,8-9H,3-4,7H2,1-2H3,(H,18,20,21). The maximum atomic E-state index is 11.8. The van der Waals surface area contributed by atoms with Crippen LogP contribution in [0.2, 0.25) is 10.0 Å². The molecule has 0 aliphatic heterocycles. The lowest BCUT2D eigenvalue weighted by Gasteiger charge is -2.07. The van der Waals surface area contributed by atoms with Gasteiger partial charge in [-0.3, -0.25) is 4.79 Å². The first-order chi connectivity index (χ1) is 11.0. The van der Waals surface area contributed by atoms with Gasteiger partial charge in [-0.25, -0.2) is 0 Å². The van der Waals surface area contributed by atoms with Crippen LogP contribution < -0.4 is 10.1 Å². The van der Waals surface area contributed by atoms with Gasteiger partial charge in [-0.1, -0.05) is 48.4 Å². The number of nitrogens with one attached hydrogen (secondary N) is 1. The molecule has 0 radical (unpaired) electrons. The number of ether oxygens (including phenoxy) is 1. The first-order valence-corrected chi connectivity index (χ1v) is 8.74. The molecule has 0 unspecified atom stereocenters. The summed E-state index contributed by atoms with van der Waals surface area (Å²) in [5.74, 6) is 0.750. The van der Waals surface area contributed by atoms with Crippen LogP contribution in [0.25, 0.3) is 0 Å². The quantitative estimate of drug-likeness (QED) is 0.710. The molecule has 0 bridgehead atoms. The molecule has 0 atom stereocenters. The van der Waals surface area contributed by atoms with E-state index in [1.54, 1.807) is 18.2 Å². The summed E-state index contributed by atoms with van der Waals surface area (Å²) in [5, 5.41) is 13.2.